The number of rotatable bonds is 2. The van der Waals surface area contributed by atoms with Crippen LogP contribution < -0.4 is 0 Å². The quantitative estimate of drug-likeness (QED) is 0.810. The molecule has 4 heteroatoms. The van der Waals surface area contributed by atoms with E-state index in [1.165, 1.54) is 4.31 Å². The molecule has 3 nitrogen and oxygen atoms in total. The summed E-state index contributed by atoms with van der Waals surface area (Å²) in [4.78, 5) is 0.370. The first kappa shape index (κ1) is 12.2. The summed E-state index contributed by atoms with van der Waals surface area (Å²) < 4.78 is 26.1. The number of sulfonamides is 1. The van der Waals surface area contributed by atoms with Crippen molar-refractivity contribution in [1.29, 1.82) is 0 Å². The van der Waals surface area contributed by atoms with Gasteiger partial charge in [-0.05, 0) is 38.3 Å². The van der Waals surface area contributed by atoms with Crippen molar-refractivity contribution in [3.8, 4) is 0 Å². The van der Waals surface area contributed by atoms with Crippen molar-refractivity contribution in [2.75, 3.05) is 6.54 Å². The van der Waals surface area contributed by atoms with Gasteiger partial charge in [-0.15, -0.1) is 0 Å². The monoisotopic (exact) mass is 251 g/mol. The second kappa shape index (κ2) is 4.92. The molecule has 0 bridgehead atoms. The molecular formula is C13H17NO2S. The molecule has 92 valence electrons. The van der Waals surface area contributed by atoms with Crippen molar-refractivity contribution in [2.45, 2.75) is 31.1 Å². The Labute approximate surface area is 103 Å². The van der Waals surface area contributed by atoms with Crippen LogP contribution in [-0.4, -0.2) is 19.3 Å². The lowest BCUT2D eigenvalue weighted by molar-refractivity contribution is 0.492. The van der Waals surface area contributed by atoms with Crippen molar-refractivity contribution in [3.63, 3.8) is 0 Å². The third-order valence-electron chi connectivity index (χ3n) is 2.90. The third-order valence-corrected chi connectivity index (χ3v) is 4.69. The van der Waals surface area contributed by atoms with E-state index < -0.39 is 10.0 Å². The van der Waals surface area contributed by atoms with E-state index in [4.69, 9.17) is 0 Å². The second-order valence-corrected chi connectivity index (χ2v) is 6.20. The first-order valence-corrected chi connectivity index (χ1v) is 7.30. The van der Waals surface area contributed by atoms with Gasteiger partial charge >= 0.3 is 0 Å². The summed E-state index contributed by atoms with van der Waals surface area (Å²) in [5.41, 5.74) is 1.07. The number of benzene rings is 1. The minimum Gasteiger partial charge on any atom is -0.274 e. The summed E-state index contributed by atoms with van der Waals surface area (Å²) in [6, 6.07) is 7.00. The molecule has 2 rings (SSSR count). The zero-order valence-corrected chi connectivity index (χ0v) is 10.8. The Morgan fingerprint density at radius 1 is 1.12 bits per heavy atom. The molecule has 1 heterocycles. The van der Waals surface area contributed by atoms with Gasteiger partial charge in [-0.1, -0.05) is 23.8 Å². The highest BCUT2D eigenvalue weighted by Crippen LogP contribution is 2.19. The highest BCUT2D eigenvalue weighted by Gasteiger charge is 2.21. The normalized spacial score (nSPS) is 16.9. The van der Waals surface area contributed by atoms with Crippen LogP contribution in [0.4, 0.5) is 0 Å². The topological polar surface area (TPSA) is 37.4 Å². The lowest BCUT2D eigenvalue weighted by atomic mass is 10.2. The lowest BCUT2D eigenvalue weighted by Gasteiger charge is -2.19. The standard InChI is InChI=1S/C13H17NO2S/c1-12-6-8-13(9-7-12)17(15,16)14-10-4-2-3-5-11-14/h4,6-10H,2-3,5,11H2,1H3. The molecule has 0 atom stereocenters. The van der Waals surface area contributed by atoms with Gasteiger partial charge < -0.3 is 0 Å². The van der Waals surface area contributed by atoms with E-state index in [-0.39, 0.29) is 0 Å². The van der Waals surface area contributed by atoms with Crippen LogP contribution in [0.15, 0.2) is 41.4 Å². The summed E-state index contributed by atoms with van der Waals surface area (Å²) >= 11 is 0. The third kappa shape index (κ3) is 2.69. The Morgan fingerprint density at radius 3 is 2.53 bits per heavy atom. The van der Waals surface area contributed by atoms with Crippen molar-refractivity contribution >= 4 is 10.0 Å². The molecule has 1 aromatic carbocycles. The maximum Gasteiger partial charge on any atom is 0.263 e. The molecule has 0 saturated heterocycles. The minimum atomic E-state index is -3.36. The highest BCUT2D eigenvalue weighted by atomic mass is 32.2. The summed E-state index contributed by atoms with van der Waals surface area (Å²) in [7, 11) is -3.36. The van der Waals surface area contributed by atoms with E-state index in [0.29, 0.717) is 11.4 Å². The highest BCUT2D eigenvalue weighted by molar-refractivity contribution is 7.89. The number of hydrogen-bond acceptors (Lipinski definition) is 2. The summed E-state index contributed by atoms with van der Waals surface area (Å²) in [6.45, 7) is 2.52. The molecule has 1 aliphatic heterocycles. The Bertz CT molecular complexity index is 503. The fourth-order valence-corrected chi connectivity index (χ4v) is 3.21. The average molecular weight is 251 g/mol. The van der Waals surface area contributed by atoms with Crippen molar-refractivity contribution in [3.05, 3.63) is 42.1 Å². The van der Waals surface area contributed by atoms with Gasteiger partial charge in [-0.2, -0.15) is 0 Å². The summed E-state index contributed by atoms with van der Waals surface area (Å²) in [6.07, 6.45) is 6.55. The molecule has 0 N–H and O–H groups in total. The second-order valence-electron chi connectivity index (χ2n) is 4.31. The van der Waals surface area contributed by atoms with E-state index in [1.54, 1.807) is 18.3 Å². The van der Waals surface area contributed by atoms with Crippen molar-refractivity contribution < 1.29 is 8.42 Å². The van der Waals surface area contributed by atoms with Gasteiger partial charge in [-0.3, -0.25) is 4.31 Å². The number of nitrogens with zero attached hydrogens (tertiary/aromatic N) is 1. The molecule has 0 radical (unpaired) electrons. The molecule has 0 amide bonds. The molecule has 0 aromatic heterocycles. The van der Waals surface area contributed by atoms with Gasteiger partial charge in [0.15, 0.2) is 0 Å². The largest absolute Gasteiger partial charge is 0.274 e. The van der Waals surface area contributed by atoms with Gasteiger partial charge in [0, 0.05) is 12.7 Å². The predicted octanol–water partition coefficient (Wildman–Crippen LogP) is 2.68. The first-order valence-electron chi connectivity index (χ1n) is 5.86. The Kier molecular flexibility index (Phi) is 3.52. The van der Waals surface area contributed by atoms with E-state index in [2.05, 4.69) is 0 Å². The van der Waals surface area contributed by atoms with Gasteiger partial charge in [0.05, 0.1) is 4.90 Å². The van der Waals surface area contributed by atoms with Gasteiger partial charge in [0.1, 0.15) is 0 Å². The van der Waals surface area contributed by atoms with Gasteiger partial charge in [0.25, 0.3) is 10.0 Å². The smallest absolute Gasteiger partial charge is 0.263 e. The van der Waals surface area contributed by atoms with E-state index in [9.17, 15) is 8.42 Å². The van der Waals surface area contributed by atoms with E-state index in [0.717, 1.165) is 24.8 Å². The molecule has 1 aromatic rings. The Hall–Kier alpha value is -1.29. The minimum absolute atomic E-state index is 0.370. The molecular weight excluding hydrogens is 234 g/mol. The zero-order chi connectivity index (χ0) is 12.3. The zero-order valence-electron chi connectivity index (χ0n) is 9.96. The molecule has 0 spiro atoms. The SMILES string of the molecule is Cc1ccc(S(=O)(=O)N2C=CCCCC2)cc1. The molecule has 0 saturated carbocycles. The molecule has 17 heavy (non-hydrogen) atoms. The first-order chi connectivity index (χ1) is 8.10. The fraction of sp³-hybridized carbons (Fsp3) is 0.385. The van der Waals surface area contributed by atoms with Crippen LogP contribution in [0.2, 0.25) is 0 Å². The van der Waals surface area contributed by atoms with Crippen LogP contribution in [0, 0.1) is 6.92 Å². The van der Waals surface area contributed by atoms with Crippen LogP contribution in [0.5, 0.6) is 0 Å². The molecule has 0 unspecified atom stereocenters. The number of aryl methyl sites for hydroxylation is 1. The average Bonchev–Trinajstić information content (AvgIpc) is 2.58. The number of allylic oxidation sites excluding steroid dienone is 1. The maximum absolute atomic E-state index is 12.3. The molecule has 1 aliphatic rings. The van der Waals surface area contributed by atoms with Gasteiger partial charge in [-0.25, -0.2) is 8.42 Å². The van der Waals surface area contributed by atoms with Crippen LogP contribution in [0.25, 0.3) is 0 Å². The van der Waals surface area contributed by atoms with Gasteiger partial charge in [0.2, 0.25) is 0 Å². The van der Waals surface area contributed by atoms with Crippen LogP contribution in [-0.2, 0) is 10.0 Å². The molecule has 0 aliphatic carbocycles. The number of hydrogen-bond donors (Lipinski definition) is 0. The van der Waals surface area contributed by atoms with Crippen molar-refractivity contribution in [2.24, 2.45) is 0 Å². The predicted molar refractivity (Wildman–Crippen MR) is 68.1 cm³/mol. The molecule has 0 fully saturated rings. The fourth-order valence-electron chi connectivity index (χ4n) is 1.84. The lowest BCUT2D eigenvalue weighted by Crippen LogP contribution is -2.26. The van der Waals surface area contributed by atoms with E-state index in [1.807, 2.05) is 25.1 Å². The van der Waals surface area contributed by atoms with Crippen LogP contribution in [0.1, 0.15) is 24.8 Å². The Balaban J connectivity index is 2.31. The van der Waals surface area contributed by atoms with Crippen molar-refractivity contribution in [1.82, 2.24) is 4.31 Å². The summed E-state index contributed by atoms with van der Waals surface area (Å²) in [5.74, 6) is 0. The van der Waals surface area contributed by atoms with Crippen LogP contribution in [0.3, 0.4) is 0 Å². The summed E-state index contributed by atoms with van der Waals surface area (Å²) in [5, 5.41) is 0. The van der Waals surface area contributed by atoms with Crippen LogP contribution >= 0.6 is 0 Å². The maximum atomic E-state index is 12.3. The van der Waals surface area contributed by atoms with E-state index >= 15 is 0 Å². The Morgan fingerprint density at radius 2 is 1.82 bits per heavy atom.